The molecule has 0 aromatic heterocycles. The standard InChI is InChI=1S/C11H19Cl2N/c1-6(2)10-9-8(11(9,12)13)5-14(10)7(3)4/h6-10H,5H2,1-4H3/t8?,9?,10-/m1/s1. The molecule has 0 aromatic carbocycles. The van der Waals surface area contributed by atoms with Gasteiger partial charge in [0.05, 0.1) is 0 Å². The summed E-state index contributed by atoms with van der Waals surface area (Å²) in [5.41, 5.74) is 0. The summed E-state index contributed by atoms with van der Waals surface area (Å²) in [6.07, 6.45) is 0. The molecule has 82 valence electrons. The van der Waals surface area contributed by atoms with Crippen LogP contribution < -0.4 is 0 Å². The van der Waals surface area contributed by atoms with Gasteiger partial charge in [-0.3, -0.25) is 4.90 Å². The van der Waals surface area contributed by atoms with E-state index in [9.17, 15) is 0 Å². The van der Waals surface area contributed by atoms with Gasteiger partial charge in [0.1, 0.15) is 4.33 Å². The molecule has 2 rings (SSSR count). The number of piperidine rings is 1. The van der Waals surface area contributed by atoms with Gasteiger partial charge < -0.3 is 0 Å². The van der Waals surface area contributed by atoms with Crippen molar-refractivity contribution in [1.82, 2.24) is 4.90 Å². The summed E-state index contributed by atoms with van der Waals surface area (Å²) in [7, 11) is 0. The van der Waals surface area contributed by atoms with Crippen molar-refractivity contribution in [3.63, 3.8) is 0 Å². The van der Waals surface area contributed by atoms with Gasteiger partial charge in [0.15, 0.2) is 0 Å². The highest BCUT2D eigenvalue weighted by Gasteiger charge is 2.71. The van der Waals surface area contributed by atoms with Crippen molar-refractivity contribution in [3.05, 3.63) is 0 Å². The van der Waals surface area contributed by atoms with Crippen LogP contribution in [0.2, 0.25) is 0 Å². The Morgan fingerprint density at radius 3 is 2.21 bits per heavy atom. The molecule has 1 saturated carbocycles. The third kappa shape index (κ3) is 1.40. The predicted octanol–water partition coefficient (Wildman–Crippen LogP) is 3.15. The Labute approximate surface area is 96.7 Å². The summed E-state index contributed by atoms with van der Waals surface area (Å²) in [6, 6.07) is 1.19. The van der Waals surface area contributed by atoms with Crippen molar-refractivity contribution in [2.24, 2.45) is 17.8 Å². The van der Waals surface area contributed by atoms with Crippen LogP contribution >= 0.6 is 23.2 Å². The van der Waals surface area contributed by atoms with Crippen molar-refractivity contribution in [2.75, 3.05) is 6.54 Å². The number of halogens is 2. The van der Waals surface area contributed by atoms with E-state index in [0.29, 0.717) is 29.8 Å². The van der Waals surface area contributed by atoms with Gasteiger partial charge >= 0.3 is 0 Å². The van der Waals surface area contributed by atoms with Crippen molar-refractivity contribution in [3.8, 4) is 0 Å². The summed E-state index contributed by atoms with van der Waals surface area (Å²) in [5, 5.41) is 0. The van der Waals surface area contributed by atoms with Crippen LogP contribution in [0.5, 0.6) is 0 Å². The Bertz CT molecular complexity index is 235. The molecule has 2 fully saturated rings. The lowest BCUT2D eigenvalue weighted by Gasteiger charge is -2.35. The van der Waals surface area contributed by atoms with Crippen molar-refractivity contribution in [2.45, 2.75) is 44.1 Å². The van der Waals surface area contributed by atoms with Gasteiger partial charge in [-0.15, -0.1) is 23.2 Å². The number of likely N-dealkylation sites (tertiary alicyclic amines) is 1. The monoisotopic (exact) mass is 235 g/mol. The average Bonchev–Trinajstić information content (AvgIpc) is 2.47. The minimum atomic E-state index is -0.416. The SMILES string of the molecule is CC(C)[C@@H]1C2C(CN1C(C)C)C2(Cl)Cl. The Morgan fingerprint density at radius 2 is 1.79 bits per heavy atom. The first-order chi connectivity index (χ1) is 6.37. The van der Waals surface area contributed by atoms with Gasteiger partial charge in [-0.05, 0) is 19.8 Å². The molecule has 0 spiro atoms. The topological polar surface area (TPSA) is 3.24 Å². The third-order valence-electron chi connectivity index (χ3n) is 3.77. The summed E-state index contributed by atoms with van der Waals surface area (Å²) >= 11 is 12.5. The lowest BCUT2D eigenvalue weighted by Crippen LogP contribution is -2.43. The molecule has 3 atom stereocenters. The minimum Gasteiger partial charge on any atom is -0.297 e. The van der Waals surface area contributed by atoms with Crippen LogP contribution in [-0.4, -0.2) is 27.9 Å². The molecule has 3 heteroatoms. The Morgan fingerprint density at radius 1 is 1.21 bits per heavy atom. The zero-order valence-corrected chi connectivity index (χ0v) is 10.8. The molecule has 1 aliphatic carbocycles. The zero-order valence-electron chi connectivity index (χ0n) is 9.30. The summed E-state index contributed by atoms with van der Waals surface area (Å²) in [4.78, 5) is 2.56. The molecule has 14 heavy (non-hydrogen) atoms. The van der Waals surface area contributed by atoms with E-state index < -0.39 is 4.33 Å². The highest BCUT2D eigenvalue weighted by atomic mass is 35.5. The van der Waals surface area contributed by atoms with Crippen LogP contribution in [-0.2, 0) is 0 Å². The Hall–Kier alpha value is 0.540. The number of hydrogen-bond acceptors (Lipinski definition) is 1. The quantitative estimate of drug-likeness (QED) is 0.666. The normalized spacial score (nSPS) is 40.7. The van der Waals surface area contributed by atoms with E-state index in [-0.39, 0.29) is 0 Å². The van der Waals surface area contributed by atoms with E-state index in [1.165, 1.54) is 0 Å². The molecule has 1 nitrogen and oxygen atoms in total. The maximum Gasteiger partial charge on any atom is 0.127 e. The minimum absolute atomic E-state index is 0.416. The molecule has 1 aliphatic heterocycles. The van der Waals surface area contributed by atoms with Crippen LogP contribution in [0.25, 0.3) is 0 Å². The first-order valence-corrected chi connectivity index (χ1v) is 6.26. The van der Waals surface area contributed by atoms with Gasteiger partial charge in [0.2, 0.25) is 0 Å². The predicted molar refractivity (Wildman–Crippen MR) is 61.9 cm³/mol. The Balaban J connectivity index is 2.15. The van der Waals surface area contributed by atoms with E-state index in [0.717, 1.165) is 6.54 Å². The maximum absolute atomic E-state index is 6.26. The fourth-order valence-corrected chi connectivity index (χ4v) is 3.87. The van der Waals surface area contributed by atoms with Crippen LogP contribution in [0.3, 0.4) is 0 Å². The van der Waals surface area contributed by atoms with Crippen LogP contribution in [0.1, 0.15) is 27.7 Å². The maximum atomic E-state index is 6.26. The molecule has 2 aliphatic rings. The highest BCUT2D eigenvalue weighted by Crippen LogP contribution is 2.66. The summed E-state index contributed by atoms with van der Waals surface area (Å²) in [6.45, 7) is 10.1. The lowest BCUT2D eigenvalue weighted by atomic mass is 9.98. The van der Waals surface area contributed by atoms with Gasteiger partial charge in [0, 0.05) is 30.5 Å². The molecule has 0 radical (unpaired) electrons. The number of alkyl halides is 2. The van der Waals surface area contributed by atoms with Crippen LogP contribution in [0.4, 0.5) is 0 Å². The molecule has 1 heterocycles. The second-order valence-corrected chi connectivity index (χ2v) is 6.78. The summed E-state index contributed by atoms with van der Waals surface area (Å²) < 4.78 is -0.416. The number of hydrogen-bond donors (Lipinski definition) is 0. The second-order valence-electron chi connectivity index (χ2n) is 5.33. The highest BCUT2D eigenvalue weighted by molar-refractivity contribution is 6.51. The van der Waals surface area contributed by atoms with Gasteiger partial charge in [-0.1, -0.05) is 13.8 Å². The third-order valence-corrected chi connectivity index (χ3v) is 4.83. The second kappa shape index (κ2) is 3.26. The van der Waals surface area contributed by atoms with Gasteiger partial charge in [-0.25, -0.2) is 0 Å². The fraction of sp³-hybridized carbons (Fsp3) is 1.00. The molecular weight excluding hydrogens is 217 g/mol. The molecule has 0 bridgehead atoms. The van der Waals surface area contributed by atoms with E-state index in [4.69, 9.17) is 23.2 Å². The van der Waals surface area contributed by atoms with E-state index in [1.807, 2.05) is 0 Å². The molecular formula is C11H19Cl2N. The molecule has 0 N–H and O–H groups in total. The number of fused-ring (bicyclic) bond motifs is 1. The van der Waals surface area contributed by atoms with E-state index >= 15 is 0 Å². The fourth-order valence-electron chi connectivity index (χ4n) is 3.03. The van der Waals surface area contributed by atoms with Gasteiger partial charge in [-0.2, -0.15) is 0 Å². The Kier molecular flexibility index (Phi) is 2.57. The molecule has 0 aromatic rings. The summed E-state index contributed by atoms with van der Waals surface area (Å²) in [5.74, 6) is 1.67. The molecule has 0 amide bonds. The molecule has 1 saturated heterocycles. The first kappa shape index (κ1) is 11.0. The van der Waals surface area contributed by atoms with Gasteiger partial charge in [0.25, 0.3) is 0 Å². The first-order valence-electron chi connectivity index (χ1n) is 5.51. The van der Waals surface area contributed by atoms with Crippen molar-refractivity contribution >= 4 is 23.2 Å². The number of rotatable bonds is 2. The van der Waals surface area contributed by atoms with Crippen LogP contribution in [0.15, 0.2) is 0 Å². The number of nitrogens with zero attached hydrogens (tertiary/aromatic N) is 1. The molecule has 2 unspecified atom stereocenters. The van der Waals surface area contributed by atoms with Crippen LogP contribution in [0, 0.1) is 17.8 Å². The lowest BCUT2D eigenvalue weighted by molar-refractivity contribution is 0.136. The largest absolute Gasteiger partial charge is 0.297 e. The zero-order chi connectivity index (χ0) is 10.7. The average molecular weight is 236 g/mol. The van der Waals surface area contributed by atoms with E-state index in [1.54, 1.807) is 0 Å². The van der Waals surface area contributed by atoms with Crippen molar-refractivity contribution in [1.29, 1.82) is 0 Å². The smallest absolute Gasteiger partial charge is 0.127 e. The van der Waals surface area contributed by atoms with Crippen molar-refractivity contribution < 1.29 is 0 Å². The van der Waals surface area contributed by atoms with E-state index in [2.05, 4.69) is 32.6 Å².